The van der Waals surface area contributed by atoms with Crippen LogP contribution >= 0.6 is 0 Å². The van der Waals surface area contributed by atoms with Crippen LogP contribution in [0.4, 0.5) is 0 Å². The Morgan fingerprint density at radius 3 is 2.35 bits per heavy atom. The number of fused-ring (bicyclic) bond motifs is 2. The van der Waals surface area contributed by atoms with Crippen molar-refractivity contribution >= 4 is 11.0 Å². The first-order chi connectivity index (χ1) is 9.40. The molecule has 0 amide bonds. The molecule has 3 heteroatoms. The molecular formula is C17H16O3. The first-order valence-corrected chi connectivity index (χ1v) is 6.57. The van der Waals surface area contributed by atoms with E-state index in [2.05, 4.69) is 0 Å². The van der Waals surface area contributed by atoms with E-state index >= 15 is 0 Å². The standard InChI is InChI=1S/C17H16O3/c1-8-5-12-7-13-6-9(2)15(19)11(4)17(13)20-16(12)10(3)14(8)18/h5-7,18H,1-4H3. The van der Waals surface area contributed by atoms with Crippen molar-refractivity contribution in [2.24, 2.45) is 0 Å². The number of benzene rings is 2. The molecule has 1 heterocycles. The number of aryl methyl sites for hydroxylation is 3. The minimum absolute atomic E-state index is 0.00888. The highest BCUT2D eigenvalue weighted by Gasteiger charge is 2.17. The summed E-state index contributed by atoms with van der Waals surface area (Å²) in [5, 5.41) is 11.0. The molecule has 0 aromatic heterocycles. The highest BCUT2D eigenvalue weighted by atomic mass is 16.3. The van der Waals surface area contributed by atoms with Crippen molar-refractivity contribution < 1.29 is 9.52 Å². The van der Waals surface area contributed by atoms with Crippen LogP contribution in [0.25, 0.3) is 22.3 Å². The van der Waals surface area contributed by atoms with Gasteiger partial charge >= 0.3 is 0 Å². The van der Waals surface area contributed by atoms with E-state index in [1.165, 1.54) is 0 Å². The monoisotopic (exact) mass is 268 g/mol. The summed E-state index contributed by atoms with van der Waals surface area (Å²) in [7, 11) is 0. The van der Waals surface area contributed by atoms with E-state index in [1.807, 2.05) is 39.0 Å². The van der Waals surface area contributed by atoms with Crippen molar-refractivity contribution in [2.45, 2.75) is 27.7 Å². The Morgan fingerprint density at radius 2 is 1.65 bits per heavy atom. The molecule has 1 aliphatic carbocycles. The molecular weight excluding hydrogens is 252 g/mol. The number of hydrogen-bond donors (Lipinski definition) is 1. The highest BCUT2D eigenvalue weighted by molar-refractivity contribution is 5.88. The quantitative estimate of drug-likeness (QED) is 0.630. The Labute approximate surface area is 116 Å². The minimum Gasteiger partial charge on any atom is -0.507 e. The number of phenols is 1. The lowest BCUT2D eigenvalue weighted by molar-refractivity contribution is 0.465. The lowest BCUT2D eigenvalue weighted by Gasteiger charge is -2.13. The third kappa shape index (κ3) is 1.63. The smallest absolute Gasteiger partial charge is 0.188 e. The molecule has 102 valence electrons. The molecule has 0 fully saturated rings. The molecule has 3 rings (SSSR count). The topological polar surface area (TPSA) is 50.4 Å². The van der Waals surface area contributed by atoms with Gasteiger partial charge in [0.1, 0.15) is 17.1 Å². The van der Waals surface area contributed by atoms with Crippen molar-refractivity contribution in [1.29, 1.82) is 0 Å². The predicted octanol–water partition coefficient (Wildman–Crippen LogP) is 3.84. The van der Waals surface area contributed by atoms with Gasteiger partial charge < -0.3 is 9.52 Å². The fourth-order valence-electron chi connectivity index (χ4n) is 2.72. The molecule has 1 aromatic rings. The second-order valence-corrected chi connectivity index (χ2v) is 5.40. The summed E-state index contributed by atoms with van der Waals surface area (Å²) in [6.45, 7) is 7.27. The Kier molecular flexibility index (Phi) is 2.61. The normalized spacial score (nSPS) is 11.4. The summed E-state index contributed by atoms with van der Waals surface area (Å²) >= 11 is 0. The van der Waals surface area contributed by atoms with Crippen LogP contribution in [0, 0.1) is 27.7 Å². The van der Waals surface area contributed by atoms with Gasteiger partial charge in [0.15, 0.2) is 5.43 Å². The van der Waals surface area contributed by atoms with Gasteiger partial charge in [-0.1, -0.05) is 0 Å². The van der Waals surface area contributed by atoms with Crippen LogP contribution in [0.5, 0.6) is 5.75 Å². The van der Waals surface area contributed by atoms with Gasteiger partial charge in [-0.2, -0.15) is 0 Å². The summed E-state index contributed by atoms with van der Waals surface area (Å²) in [6.07, 6.45) is 0. The first-order valence-electron chi connectivity index (χ1n) is 6.57. The van der Waals surface area contributed by atoms with Crippen LogP contribution < -0.4 is 5.43 Å². The van der Waals surface area contributed by atoms with Crippen molar-refractivity contribution in [1.82, 2.24) is 0 Å². The van der Waals surface area contributed by atoms with Gasteiger partial charge in [-0.3, -0.25) is 4.79 Å². The van der Waals surface area contributed by atoms with Gasteiger partial charge in [-0.25, -0.2) is 0 Å². The zero-order chi connectivity index (χ0) is 14.6. The summed E-state index contributed by atoms with van der Waals surface area (Å²) < 4.78 is 5.92. The Hall–Kier alpha value is -2.29. The van der Waals surface area contributed by atoms with E-state index in [4.69, 9.17) is 4.42 Å². The van der Waals surface area contributed by atoms with Gasteiger partial charge in [0.05, 0.1) is 0 Å². The van der Waals surface area contributed by atoms with Gasteiger partial charge in [0, 0.05) is 22.1 Å². The molecule has 20 heavy (non-hydrogen) atoms. The molecule has 1 aromatic carbocycles. The molecule has 2 aliphatic rings. The molecule has 3 nitrogen and oxygen atoms in total. The molecule has 0 unspecified atom stereocenters. The van der Waals surface area contributed by atoms with Gasteiger partial charge in [-0.05, 0) is 57.0 Å². The fourth-order valence-corrected chi connectivity index (χ4v) is 2.72. The number of aromatic hydroxyl groups is 1. The van der Waals surface area contributed by atoms with Crippen LogP contribution in [0.1, 0.15) is 22.3 Å². The molecule has 1 aliphatic heterocycles. The lowest BCUT2D eigenvalue weighted by atomic mass is 9.98. The van der Waals surface area contributed by atoms with E-state index in [0.717, 1.165) is 22.1 Å². The largest absolute Gasteiger partial charge is 0.507 e. The summed E-state index contributed by atoms with van der Waals surface area (Å²) in [6, 6.07) is 5.76. The van der Waals surface area contributed by atoms with Gasteiger partial charge in [0.25, 0.3) is 0 Å². The van der Waals surface area contributed by atoms with E-state index in [1.54, 1.807) is 6.92 Å². The van der Waals surface area contributed by atoms with Crippen LogP contribution in [0.3, 0.4) is 0 Å². The maximum atomic E-state index is 12.0. The van der Waals surface area contributed by atoms with Crippen LogP contribution in [0.2, 0.25) is 0 Å². The Balaban J connectivity index is 2.55. The number of rotatable bonds is 0. The molecule has 0 saturated carbocycles. The SMILES string of the molecule is Cc1cc2cc3cc(C)c(=O)c(C)c-3oc2c(C)c1O. The third-order valence-corrected chi connectivity index (χ3v) is 3.89. The van der Waals surface area contributed by atoms with Crippen molar-refractivity contribution in [3.63, 3.8) is 0 Å². The van der Waals surface area contributed by atoms with Crippen LogP contribution in [-0.4, -0.2) is 5.11 Å². The first kappa shape index (κ1) is 12.7. The fraction of sp³-hybridized carbons (Fsp3) is 0.235. The third-order valence-electron chi connectivity index (χ3n) is 3.89. The second-order valence-electron chi connectivity index (χ2n) is 5.40. The van der Waals surface area contributed by atoms with Gasteiger partial charge in [-0.15, -0.1) is 0 Å². The van der Waals surface area contributed by atoms with E-state index in [-0.39, 0.29) is 11.2 Å². The molecule has 1 N–H and O–H groups in total. The van der Waals surface area contributed by atoms with Crippen molar-refractivity contribution in [3.05, 3.63) is 50.7 Å². The lowest BCUT2D eigenvalue weighted by Crippen LogP contribution is -2.10. The highest BCUT2D eigenvalue weighted by Crippen LogP contribution is 2.36. The zero-order valence-electron chi connectivity index (χ0n) is 12.0. The molecule has 0 spiro atoms. The Morgan fingerprint density at radius 1 is 0.950 bits per heavy atom. The van der Waals surface area contributed by atoms with Crippen molar-refractivity contribution in [3.8, 4) is 17.1 Å². The maximum Gasteiger partial charge on any atom is 0.188 e. The minimum atomic E-state index is 0.00888. The van der Waals surface area contributed by atoms with E-state index in [9.17, 15) is 9.90 Å². The summed E-state index contributed by atoms with van der Waals surface area (Å²) in [5.41, 5.74) is 4.41. The summed E-state index contributed by atoms with van der Waals surface area (Å²) in [4.78, 5) is 12.0. The summed E-state index contributed by atoms with van der Waals surface area (Å²) in [5.74, 6) is 0.840. The molecule has 0 bridgehead atoms. The Bertz CT molecular complexity index is 872. The average Bonchev–Trinajstić information content (AvgIpc) is 2.41. The average molecular weight is 268 g/mol. The van der Waals surface area contributed by atoms with E-state index in [0.29, 0.717) is 22.5 Å². The molecule has 0 radical (unpaired) electrons. The zero-order valence-corrected chi connectivity index (χ0v) is 12.0. The number of hydrogen-bond acceptors (Lipinski definition) is 3. The van der Waals surface area contributed by atoms with Crippen LogP contribution in [-0.2, 0) is 0 Å². The number of phenolic OH excluding ortho intramolecular Hbond substituents is 1. The predicted molar refractivity (Wildman–Crippen MR) is 79.7 cm³/mol. The van der Waals surface area contributed by atoms with Crippen LogP contribution in [0.15, 0.2) is 27.4 Å². The van der Waals surface area contributed by atoms with E-state index < -0.39 is 0 Å². The van der Waals surface area contributed by atoms with Gasteiger partial charge in [0.2, 0.25) is 0 Å². The molecule has 0 atom stereocenters. The second kappa shape index (κ2) is 4.10. The van der Waals surface area contributed by atoms with Crippen molar-refractivity contribution in [2.75, 3.05) is 0 Å². The maximum absolute atomic E-state index is 12.0. The molecule has 0 saturated heterocycles.